The molecule has 120 valence electrons. The van der Waals surface area contributed by atoms with E-state index in [1.54, 1.807) is 36.4 Å². The zero-order valence-corrected chi connectivity index (χ0v) is 13.6. The molecule has 0 saturated heterocycles. The van der Waals surface area contributed by atoms with Crippen LogP contribution >= 0.6 is 11.6 Å². The number of nitro benzene ring substituents is 1. The number of carbonyl (C=O) groups excluding carboxylic acids is 1. The van der Waals surface area contributed by atoms with Crippen molar-refractivity contribution in [1.29, 1.82) is 0 Å². The minimum absolute atomic E-state index is 0.00256. The van der Waals surface area contributed by atoms with Crippen LogP contribution < -0.4 is 5.32 Å². The number of nitrogens with zero attached hydrogens (tertiary/aromatic N) is 1. The number of halogens is 1. The molecule has 0 aromatic heterocycles. The molecule has 1 N–H and O–H groups in total. The van der Waals surface area contributed by atoms with Crippen molar-refractivity contribution in [1.82, 2.24) is 0 Å². The van der Waals surface area contributed by atoms with Gasteiger partial charge in [-0.2, -0.15) is 0 Å². The largest absolute Gasteiger partial charge is 0.324 e. The van der Waals surface area contributed by atoms with Crippen LogP contribution in [0, 0.1) is 16.0 Å². The highest BCUT2D eigenvalue weighted by molar-refractivity contribution is 6.33. The molecule has 0 spiro atoms. The Hall–Kier alpha value is -2.40. The molecule has 23 heavy (non-hydrogen) atoms. The van der Waals surface area contributed by atoms with Crippen LogP contribution in [0.4, 0.5) is 11.4 Å². The van der Waals surface area contributed by atoms with Crippen molar-refractivity contribution in [2.45, 2.75) is 19.8 Å². The summed E-state index contributed by atoms with van der Waals surface area (Å²) in [5, 5.41) is 14.0. The van der Waals surface area contributed by atoms with Gasteiger partial charge in [0.05, 0.1) is 21.6 Å². The standard InChI is InChI=1S/C17H17ClN2O3/c1-11(2)16(12-7-9-13(10-8-12)20(22)23)17(21)19-15-6-4-3-5-14(15)18/h3-11,16H,1-2H3,(H,19,21). The fourth-order valence-corrected chi connectivity index (χ4v) is 2.60. The first-order chi connectivity index (χ1) is 10.9. The van der Waals surface area contributed by atoms with Gasteiger partial charge in [0, 0.05) is 12.1 Å². The smallest absolute Gasteiger partial charge is 0.269 e. The van der Waals surface area contributed by atoms with Gasteiger partial charge >= 0.3 is 0 Å². The van der Waals surface area contributed by atoms with Crippen molar-refractivity contribution in [2.24, 2.45) is 5.92 Å². The first-order valence-corrected chi connectivity index (χ1v) is 7.57. The number of amides is 1. The Labute approximate surface area is 139 Å². The molecule has 0 aliphatic heterocycles. The van der Waals surface area contributed by atoms with E-state index in [2.05, 4.69) is 5.32 Å². The van der Waals surface area contributed by atoms with Crippen molar-refractivity contribution in [3.63, 3.8) is 0 Å². The highest BCUT2D eigenvalue weighted by atomic mass is 35.5. The molecule has 5 nitrogen and oxygen atoms in total. The van der Waals surface area contributed by atoms with Crippen molar-refractivity contribution < 1.29 is 9.72 Å². The summed E-state index contributed by atoms with van der Waals surface area (Å²) >= 11 is 6.06. The lowest BCUT2D eigenvalue weighted by atomic mass is 9.87. The number of nitro groups is 1. The molecule has 2 aromatic carbocycles. The van der Waals surface area contributed by atoms with E-state index in [0.29, 0.717) is 10.7 Å². The molecule has 2 aromatic rings. The molecule has 2 rings (SSSR count). The normalized spacial score (nSPS) is 12.0. The lowest BCUT2D eigenvalue weighted by Gasteiger charge is -2.21. The summed E-state index contributed by atoms with van der Waals surface area (Å²) in [6.07, 6.45) is 0. The van der Waals surface area contributed by atoms with E-state index in [4.69, 9.17) is 11.6 Å². The number of non-ortho nitro benzene ring substituents is 1. The van der Waals surface area contributed by atoms with Crippen molar-refractivity contribution in [2.75, 3.05) is 5.32 Å². The summed E-state index contributed by atoms with van der Waals surface area (Å²) in [5.41, 5.74) is 1.28. The molecule has 0 fully saturated rings. The number of rotatable bonds is 5. The number of nitrogens with one attached hydrogen (secondary N) is 1. The number of carbonyl (C=O) groups is 1. The zero-order chi connectivity index (χ0) is 17.0. The number of benzene rings is 2. The molecular weight excluding hydrogens is 316 g/mol. The summed E-state index contributed by atoms with van der Waals surface area (Å²) in [4.78, 5) is 22.9. The van der Waals surface area contributed by atoms with Crippen LogP contribution in [0.1, 0.15) is 25.3 Å². The lowest BCUT2D eigenvalue weighted by molar-refractivity contribution is -0.384. The quantitative estimate of drug-likeness (QED) is 0.641. The van der Waals surface area contributed by atoms with E-state index in [1.807, 2.05) is 13.8 Å². The fraction of sp³-hybridized carbons (Fsp3) is 0.235. The van der Waals surface area contributed by atoms with Crippen molar-refractivity contribution in [3.05, 3.63) is 69.2 Å². The second-order valence-electron chi connectivity index (χ2n) is 5.54. The van der Waals surface area contributed by atoms with Gasteiger partial charge in [-0.15, -0.1) is 0 Å². The van der Waals surface area contributed by atoms with Crippen LogP contribution in [0.15, 0.2) is 48.5 Å². The van der Waals surface area contributed by atoms with Gasteiger partial charge in [0.15, 0.2) is 0 Å². The van der Waals surface area contributed by atoms with Gasteiger partial charge in [-0.3, -0.25) is 14.9 Å². The maximum atomic E-state index is 12.6. The molecule has 0 aliphatic rings. The van der Waals surface area contributed by atoms with Crippen molar-refractivity contribution in [3.8, 4) is 0 Å². The minimum atomic E-state index is -0.460. The number of anilines is 1. The summed E-state index contributed by atoms with van der Waals surface area (Å²) in [7, 11) is 0. The third-order valence-corrected chi connectivity index (χ3v) is 3.87. The van der Waals surface area contributed by atoms with Crippen LogP contribution in [0.3, 0.4) is 0 Å². The highest BCUT2D eigenvalue weighted by Crippen LogP contribution is 2.29. The topological polar surface area (TPSA) is 72.2 Å². The first-order valence-electron chi connectivity index (χ1n) is 7.20. The maximum absolute atomic E-state index is 12.6. The van der Waals surface area contributed by atoms with E-state index in [9.17, 15) is 14.9 Å². The molecule has 1 unspecified atom stereocenters. The van der Waals surface area contributed by atoms with Gasteiger partial charge in [0.25, 0.3) is 5.69 Å². The van der Waals surface area contributed by atoms with Gasteiger partial charge in [-0.1, -0.05) is 49.7 Å². The SMILES string of the molecule is CC(C)C(C(=O)Nc1ccccc1Cl)c1ccc([N+](=O)[O-])cc1. The van der Waals surface area contributed by atoms with Gasteiger partial charge in [-0.25, -0.2) is 0 Å². The van der Waals surface area contributed by atoms with Gasteiger partial charge in [0.2, 0.25) is 5.91 Å². The average molecular weight is 333 g/mol. The highest BCUT2D eigenvalue weighted by Gasteiger charge is 2.25. The number of hydrogen-bond donors (Lipinski definition) is 1. The lowest BCUT2D eigenvalue weighted by Crippen LogP contribution is -2.25. The average Bonchev–Trinajstić information content (AvgIpc) is 2.50. The van der Waals surface area contributed by atoms with Crippen LogP contribution in [-0.2, 0) is 4.79 Å². The van der Waals surface area contributed by atoms with Crippen molar-refractivity contribution >= 4 is 28.9 Å². The summed E-state index contributed by atoms with van der Waals surface area (Å²) in [5.74, 6) is -0.590. The Morgan fingerprint density at radius 1 is 1.13 bits per heavy atom. The molecule has 1 amide bonds. The maximum Gasteiger partial charge on any atom is 0.269 e. The summed E-state index contributed by atoms with van der Waals surface area (Å²) in [6, 6.07) is 13.1. The third-order valence-electron chi connectivity index (χ3n) is 3.54. The molecule has 0 bridgehead atoms. The third kappa shape index (κ3) is 4.07. The van der Waals surface area contributed by atoms with Crippen LogP contribution in [0.25, 0.3) is 0 Å². The zero-order valence-electron chi connectivity index (χ0n) is 12.8. The predicted molar refractivity (Wildman–Crippen MR) is 90.8 cm³/mol. The van der Waals surface area contributed by atoms with Crippen LogP contribution in [0.2, 0.25) is 5.02 Å². The number of para-hydroxylation sites is 1. The molecule has 0 radical (unpaired) electrons. The fourth-order valence-electron chi connectivity index (χ4n) is 2.42. The van der Waals surface area contributed by atoms with E-state index in [-0.39, 0.29) is 17.5 Å². The Kier molecular flexibility index (Phi) is 5.34. The molecule has 0 heterocycles. The van der Waals surface area contributed by atoms with E-state index in [1.165, 1.54) is 12.1 Å². The molecule has 1 atom stereocenters. The second kappa shape index (κ2) is 7.24. The minimum Gasteiger partial charge on any atom is -0.324 e. The second-order valence-corrected chi connectivity index (χ2v) is 5.95. The first kappa shape index (κ1) is 17.0. The Morgan fingerprint density at radius 3 is 2.26 bits per heavy atom. The van der Waals surface area contributed by atoms with Crippen LogP contribution in [-0.4, -0.2) is 10.8 Å². The molecule has 0 saturated carbocycles. The molecule has 6 heteroatoms. The van der Waals surface area contributed by atoms with E-state index in [0.717, 1.165) is 5.56 Å². The Morgan fingerprint density at radius 2 is 1.74 bits per heavy atom. The summed E-state index contributed by atoms with van der Waals surface area (Å²) in [6.45, 7) is 3.86. The molecular formula is C17H17ClN2O3. The summed E-state index contributed by atoms with van der Waals surface area (Å²) < 4.78 is 0. The van der Waals surface area contributed by atoms with E-state index >= 15 is 0 Å². The van der Waals surface area contributed by atoms with Gasteiger partial charge in [0.1, 0.15) is 0 Å². The Balaban J connectivity index is 2.25. The Bertz CT molecular complexity index is 714. The molecule has 0 aliphatic carbocycles. The van der Waals surface area contributed by atoms with Gasteiger partial charge < -0.3 is 5.32 Å². The number of hydrogen-bond acceptors (Lipinski definition) is 3. The van der Waals surface area contributed by atoms with Gasteiger partial charge in [-0.05, 0) is 23.6 Å². The predicted octanol–water partition coefficient (Wildman–Crippen LogP) is 4.63. The van der Waals surface area contributed by atoms with Crippen LogP contribution in [0.5, 0.6) is 0 Å². The van der Waals surface area contributed by atoms with E-state index < -0.39 is 10.8 Å². The monoisotopic (exact) mass is 332 g/mol.